The second-order valence-corrected chi connectivity index (χ2v) is 14.3. The lowest BCUT2D eigenvalue weighted by atomic mass is 9.73. The van der Waals surface area contributed by atoms with E-state index in [-0.39, 0.29) is 11.8 Å². The number of unbranched alkanes of at least 4 members (excludes halogenated alkanes) is 24. The van der Waals surface area contributed by atoms with Gasteiger partial charge in [0.1, 0.15) is 0 Å². The molecule has 0 aliphatic carbocycles. The second-order valence-electron chi connectivity index (χ2n) is 14.3. The summed E-state index contributed by atoms with van der Waals surface area (Å²) in [4.78, 5) is 24.2. The standard InChI is InChI=1S/C42H80N2O2/c1-3-5-7-9-11-13-15-17-19-21-23-25-27-29-31-33-37-42(41(44)46,39-35-36-40(43)45)38-34-32-30-28-26-24-22-20-18-16-14-12-10-8-6-4-2/h17-20H,3-16,21-39H2,1-2H3,(H2,43,45)(H2,44,46)/b19-17-,20-18-. The molecule has 4 N–H and O–H groups in total. The van der Waals surface area contributed by atoms with Gasteiger partial charge in [0, 0.05) is 11.8 Å². The molecule has 0 aromatic rings. The summed E-state index contributed by atoms with van der Waals surface area (Å²) in [7, 11) is 0. The van der Waals surface area contributed by atoms with Crippen molar-refractivity contribution in [1.29, 1.82) is 0 Å². The van der Waals surface area contributed by atoms with Crippen LogP contribution in [0.15, 0.2) is 24.3 Å². The van der Waals surface area contributed by atoms with Crippen LogP contribution >= 0.6 is 0 Å². The Hall–Kier alpha value is -1.58. The summed E-state index contributed by atoms with van der Waals surface area (Å²) in [5, 5.41) is 0. The number of hydrogen-bond acceptors (Lipinski definition) is 2. The van der Waals surface area contributed by atoms with Crippen molar-refractivity contribution in [3.8, 4) is 0 Å². The zero-order valence-corrected chi connectivity index (χ0v) is 31.1. The first-order chi connectivity index (χ1) is 22.5. The van der Waals surface area contributed by atoms with Crippen LogP contribution in [0.5, 0.6) is 0 Å². The number of allylic oxidation sites excluding steroid dienone is 4. The van der Waals surface area contributed by atoms with E-state index in [1.807, 2.05) is 0 Å². The normalized spacial score (nSPS) is 12.1. The molecule has 2 amide bonds. The van der Waals surface area contributed by atoms with Crippen molar-refractivity contribution < 1.29 is 9.59 Å². The minimum Gasteiger partial charge on any atom is -0.370 e. The van der Waals surface area contributed by atoms with Crippen LogP contribution in [0.25, 0.3) is 0 Å². The molecule has 0 aromatic carbocycles. The molecule has 0 bridgehead atoms. The summed E-state index contributed by atoms with van der Waals surface area (Å²) in [5.41, 5.74) is 11.0. The molecule has 270 valence electrons. The van der Waals surface area contributed by atoms with Gasteiger partial charge in [0.15, 0.2) is 0 Å². The molecule has 4 heteroatoms. The molecule has 0 unspecified atom stereocenters. The molecule has 0 heterocycles. The number of carbonyl (C=O) groups excluding carboxylic acids is 2. The van der Waals surface area contributed by atoms with Gasteiger partial charge >= 0.3 is 0 Å². The number of carbonyl (C=O) groups is 2. The van der Waals surface area contributed by atoms with Crippen LogP contribution in [-0.4, -0.2) is 11.8 Å². The van der Waals surface area contributed by atoms with Gasteiger partial charge in [-0.2, -0.15) is 0 Å². The molecule has 0 aliphatic heterocycles. The number of rotatable bonds is 37. The molecule has 4 nitrogen and oxygen atoms in total. The Labute approximate surface area is 287 Å². The summed E-state index contributed by atoms with van der Waals surface area (Å²) in [6.45, 7) is 4.55. The van der Waals surface area contributed by atoms with E-state index in [4.69, 9.17) is 11.5 Å². The van der Waals surface area contributed by atoms with Gasteiger partial charge in [-0.15, -0.1) is 0 Å². The highest BCUT2D eigenvalue weighted by Crippen LogP contribution is 2.37. The molecular formula is C42H80N2O2. The van der Waals surface area contributed by atoms with Gasteiger partial charge in [-0.1, -0.05) is 167 Å². The van der Waals surface area contributed by atoms with Crippen molar-refractivity contribution in [2.75, 3.05) is 0 Å². The molecule has 0 aromatic heterocycles. The van der Waals surface area contributed by atoms with E-state index in [0.717, 1.165) is 38.5 Å². The molecular weight excluding hydrogens is 564 g/mol. The van der Waals surface area contributed by atoms with Crippen molar-refractivity contribution in [3.63, 3.8) is 0 Å². The summed E-state index contributed by atoms with van der Waals surface area (Å²) < 4.78 is 0. The minimum atomic E-state index is -0.475. The number of nitrogens with two attached hydrogens (primary N) is 2. The third-order valence-electron chi connectivity index (χ3n) is 9.94. The molecule has 0 aliphatic rings. The molecule has 0 atom stereocenters. The van der Waals surface area contributed by atoms with Crippen molar-refractivity contribution >= 4 is 11.8 Å². The van der Waals surface area contributed by atoms with Gasteiger partial charge in [0.05, 0.1) is 0 Å². The van der Waals surface area contributed by atoms with Crippen LogP contribution in [0.4, 0.5) is 0 Å². The average Bonchev–Trinajstić information content (AvgIpc) is 3.03. The highest BCUT2D eigenvalue weighted by Gasteiger charge is 2.34. The van der Waals surface area contributed by atoms with Gasteiger partial charge in [-0.3, -0.25) is 9.59 Å². The fourth-order valence-electron chi connectivity index (χ4n) is 6.77. The van der Waals surface area contributed by atoms with Crippen molar-refractivity contribution in [2.24, 2.45) is 16.9 Å². The lowest BCUT2D eigenvalue weighted by molar-refractivity contribution is -0.129. The second kappa shape index (κ2) is 34.7. The van der Waals surface area contributed by atoms with Crippen LogP contribution in [0.3, 0.4) is 0 Å². The van der Waals surface area contributed by atoms with E-state index in [9.17, 15) is 9.59 Å². The Morgan fingerprint density at radius 2 is 0.696 bits per heavy atom. The predicted octanol–water partition coefficient (Wildman–Crippen LogP) is 13.0. The number of amides is 2. The third-order valence-corrected chi connectivity index (χ3v) is 9.94. The zero-order chi connectivity index (χ0) is 33.8. The molecule has 46 heavy (non-hydrogen) atoms. The summed E-state index contributed by atoms with van der Waals surface area (Å²) in [5.74, 6) is -0.453. The monoisotopic (exact) mass is 645 g/mol. The Kier molecular flexibility index (Phi) is 33.6. The number of hydrogen-bond donors (Lipinski definition) is 2. The first-order valence-corrected chi connectivity index (χ1v) is 20.4. The van der Waals surface area contributed by atoms with E-state index in [1.54, 1.807) is 0 Å². The summed E-state index contributed by atoms with van der Waals surface area (Å²) in [6.07, 6.45) is 48.8. The quantitative estimate of drug-likeness (QED) is 0.0520. The summed E-state index contributed by atoms with van der Waals surface area (Å²) >= 11 is 0. The Morgan fingerprint density at radius 3 is 1.00 bits per heavy atom. The van der Waals surface area contributed by atoms with Gasteiger partial charge in [-0.25, -0.2) is 0 Å². The van der Waals surface area contributed by atoms with E-state index < -0.39 is 5.41 Å². The number of primary amides is 2. The van der Waals surface area contributed by atoms with Crippen LogP contribution < -0.4 is 11.5 Å². The molecule has 0 rings (SSSR count). The molecule has 0 saturated heterocycles. The molecule has 0 radical (unpaired) electrons. The first kappa shape index (κ1) is 44.4. The van der Waals surface area contributed by atoms with Gasteiger partial charge < -0.3 is 11.5 Å². The highest BCUT2D eigenvalue weighted by atomic mass is 16.1. The fraction of sp³-hybridized carbons (Fsp3) is 0.857. The average molecular weight is 645 g/mol. The van der Waals surface area contributed by atoms with Crippen molar-refractivity contribution in [2.45, 2.75) is 226 Å². The van der Waals surface area contributed by atoms with Gasteiger partial charge in [0.25, 0.3) is 0 Å². The topological polar surface area (TPSA) is 86.2 Å². The fourth-order valence-corrected chi connectivity index (χ4v) is 6.77. The van der Waals surface area contributed by atoms with Crippen LogP contribution in [0.2, 0.25) is 0 Å². The highest BCUT2D eigenvalue weighted by molar-refractivity contribution is 5.81. The Bertz CT molecular complexity index is 687. The van der Waals surface area contributed by atoms with E-state index in [1.165, 1.54) is 154 Å². The predicted molar refractivity (Wildman–Crippen MR) is 203 cm³/mol. The van der Waals surface area contributed by atoms with E-state index in [2.05, 4.69) is 38.2 Å². The maximum absolute atomic E-state index is 12.8. The van der Waals surface area contributed by atoms with Crippen LogP contribution in [-0.2, 0) is 9.59 Å². The van der Waals surface area contributed by atoms with E-state index in [0.29, 0.717) is 19.3 Å². The Balaban J connectivity index is 4.13. The minimum absolute atomic E-state index is 0.169. The molecule has 0 spiro atoms. The lowest BCUT2D eigenvalue weighted by Gasteiger charge is -2.31. The summed E-state index contributed by atoms with van der Waals surface area (Å²) in [6, 6.07) is 0. The SMILES string of the molecule is CCCCCCCC/C=C\CCCCCCCCC(CCCCCCCC/C=C\CCCCCCCC)(CCCC(N)=O)C(N)=O. The maximum Gasteiger partial charge on any atom is 0.223 e. The third kappa shape index (κ3) is 29.8. The largest absolute Gasteiger partial charge is 0.370 e. The molecule has 0 fully saturated rings. The van der Waals surface area contributed by atoms with Gasteiger partial charge in [0.2, 0.25) is 11.8 Å². The first-order valence-electron chi connectivity index (χ1n) is 20.4. The molecule has 0 saturated carbocycles. The zero-order valence-electron chi connectivity index (χ0n) is 31.1. The lowest BCUT2D eigenvalue weighted by Crippen LogP contribution is -2.37. The van der Waals surface area contributed by atoms with Gasteiger partial charge in [-0.05, 0) is 77.0 Å². The Morgan fingerprint density at radius 1 is 0.413 bits per heavy atom. The van der Waals surface area contributed by atoms with Crippen LogP contribution in [0.1, 0.15) is 226 Å². The van der Waals surface area contributed by atoms with E-state index >= 15 is 0 Å². The smallest absolute Gasteiger partial charge is 0.223 e. The maximum atomic E-state index is 12.8. The van der Waals surface area contributed by atoms with Crippen molar-refractivity contribution in [1.82, 2.24) is 0 Å². The van der Waals surface area contributed by atoms with Crippen LogP contribution in [0, 0.1) is 5.41 Å². The van der Waals surface area contributed by atoms with Crippen molar-refractivity contribution in [3.05, 3.63) is 24.3 Å².